The van der Waals surface area contributed by atoms with Crippen molar-refractivity contribution < 1.29 is 0 Å². The lowest BCUT2D eigenvalue weighted by atomic mass is 9.99. The molecule has 2 aliphatic rings. The lowest BCUT2D eigenvalue weighted by Gasteiger charge is -2.30. The molecule has 0 bridgehead atoms. The highest BCUT2D eigenvalue weighted by Crippen LogP contribution is 2.32. The zero-order chi connectivity index (χ0) is 14.7. The molecule has 1 aromatic rings. The van der Waals surface area contributed by atoms with E-state index in [0.29, 0.717) is 6.04 Å². The number of rotatable bonds is 5. The highest BCUT2D eigenvalue weighted by Gasteiger charge is 2.21. The van der Waals surface area contributed by atoms with E-state index >= 15 is 0 Å². The van der Waals surface area contributed by atoms with Crippen molar-refractivity contribution in [2.45, 2.75) is 45.1 Å². The van der Waals surface area contributed by atoms with Crippen LogP contribution in [0, 0.1) is 5.92 Å². The highest BCUT2D eigenvalue weighted by atomic mass is 15.1. The summed E-state index contributed by atoms with van der Waals surface area (Å²) in [5, 5.41) is 3.74. The standard InChI is InChI=1S/C18H29N3/c1-14-7-11-21(12-8-14)10-2-9-20-18-6-3-15-13-16(19)4-5-17(15)18/h4-5,13-14,18,20H,2-3,6-12,19H2,1H3. The van der Waals surface area contributed by atoms with E-state index in [4.69, 9.17) is 5.73 Å². The molecule has 1 aliphatic carbocycles. The van der Waals surface area contributed by atoms with Crippen LogP contribution in [0.25, 0.3) is 0 Å². The molecule has 1 aromatic carbocycles. The first kappa shape index (κ1) is 14.9. The Morgan fingerprint density at radius 2 is 2.05 bits per heavy atom. The summed E-state index contributed by atoms with van der Waals surface area (Å²) in [6, 6.07) is 6.93. The van der Waals surface area contributed by atoms with Crippen LogP contribution >= 0.6 is 0 Å². The smallest absolute Gasteiger partial charge is 0.0326 e. The van der Waals surface area contributed by atoms with Crippen LogP contribution in [-0.2, 0) is 6.42 Å². The van der Waals surface area contributed by atoms with E-state index in [1.165, 1.54) is 62.9 Å². The molecular weight excluding hydrogens is 258 g/mol. The van der Waals surface area contributed by atoms with Crippen LogP contribution in [0.1, 0.15) is 49.8 Å². The lowest BCUT2D eigenvalue weighted by molar-refractivity contribution is 0.190. The van der Waals surface area contributed by atoms with Crippen LogP contribution in [0.15, 0.2) is 18.2 Å². The SMILES string of the molecule is CC1CCN(CCCNC2CCc3cc(N)ccc32)CC1. The first-order valence-corrected chi connectivity index (χ1v) is 8.56. The maximum atomic E-state index is 5.86. The predicted octanol–water partition coefficient (Wildman–Crippen LogP) is 2.97. The number of nitrogens with one attached hydrogen (secondary N) is 1. The van der Waals surface area contributed by atoms with Crippen LogP contribution < -0.4 is 11.1 Å². The first-order valence-electron chi connectivity index (χ1n) is 8.56. The largest absolute Gasteiger partial charge is 0.399 e. The fourth-order valence-corrected chi connectivity index (χ4v) is 3.71. The van der Waals surface area contributed by atoms with Gasteiger partial charge in [0.25, 0.3) is 0 Å². The summed E-state index contributed by atoms with van der Waals surface area (Å²) in [5.74, 6) is 0.932. The molecule has 3 nitrogen and oxygen atoms in total. The molecule has 1 saturated heterocycles. The van der Waals surface area contributed by atoms with Crippen molar-refractivity contribution in [3.63, 3.8) is 0 Å². The van der Waals surface area contributed by atoms with Crippen molar-refractivity contribution in [3.05, 3.63) is 29.3 Å². The highest BCUT2D eigenvalue weighted by molar-refractivity contribution is 5.47. The normalized spacial score (nSPS) is 23.4. The molecule has 0 amide bonds. The van der Waals surface area contributed by atoms with E-state index in [1.807, 2.05) is 6.07 Å². The first-order chi connectivity index (χ1) is 10.2. The Labute approximate surface area is 128 Å². The van der Waals surface area contributed by atoms with Gasteiger partial charge < -0.3 is 16.0 Å². The van der Waals surface area contributed by atoms with Gasteiger partial charge in [0, 0.05) is 11.7 Å². The summed E-state index contributed by atoms with van der Waals surface area (Å²) < 4.78 is 0. The van der Waals surface area contributed by atoms with Gasteiger partial charge in [-0.25, -0.2) is 0 Å². The summed E-state index contributed by atoms with van der Waals surface area (Å²) in [7, 11) is 0. The fourth-order valence-electron chi connectivity index (χ4n) is 3.71. The number of nitrogens with two attached hydrogens (primary N) is 1. The second kappa shape index (κ2) is 6.80. The van der Waals surface area contributed by atoms with Crippen molar-refractivity contribution in [2.75, 3.05) is 31.9 Å². The third kappa shape index (κ3) is 3.78. The Morgan fingerprint density at radius 3 is 2.86 bits per heavy atom. The van der Waals surface area contributed by atoms with Crippen LogP contribution in [-0.4, -0.2) is 31.1 Å². The molecule has 0 saturated carbocycles. The van der Waals surface area contributed by atoms with E-state index < -0.39 is 0 Å². The molecule has 3 rings (SSSR count). The molecule has 1 atom stereocenters. The third-order valence-corrected chi connectivity index (χ3v) is 5.16. The van der Waals surface area contributed by atoms with Gasteiger partial charge in [0.15, 0.2) is 0 Å². The average molecular weight is 287 g/mol. The molecule has 1 unspecified atom stereocenters. The molecule has 3 heteroatoms. The van der Waals surface area contributed by atoms with Gasteiger partial charge in [0.05, 0.1) is 0 Å². The molecule has 21 heavy (non-hydrogen) atoms. The van der Waals surface area contributed by atoms with Crippen LogP contribution in [0.2, 0.25) is 0 Å². The number of nitrogens with zero attached hydrogens (tertiary/aromatic N) is 1. The molecule has 0 spiro atoms. The van der Waals surface area contributed by atoms with E-state index in [0.717, 1.165) is 18.2 Å². The van der Waals surface area contributed by atoms with Gasteiger partial charge in [-0.15, -0.1) is 0 Å². The number of hydrogen-bond donors (Lipinski definition) is 2. The molecule has 1 aliphatic heterocycles. The Kier molecular flexibility index (Phi) is 4.81. The molecule has 3 N–H and O–H groups in total. The third-order valence-electron chi connectivity index (χ3n) is 5.16. The van der Waals surface area contributed by atoms with Gasteiger partial charge >= 0.3 is 0 Å². The van der Waals surface area contributed by atoms with E-state index in [9.17, 15) is 0 Å². The Hall–Kier alpha value is -1.06. The minimum atomic E-state index is 0.543. The minimum Gasteiger partial charge on any atom is -0.399 e. The van der Waals surface area contributed by atoms with Gasteiger partial charge in [-0.1, -0.05) is 13.0 Å². The van der Waals surface area contributed by atoms with Gasteiger partial charge in [0.2, 0.25) is 0 Å². The number of benzene rings is 1. The Morgan fingerprint density at radius 1 is 1.24 bits per heavy atom. The van der Waals surface area contributed by atoms with Crippen LogP contribution in [0.3, 0.4) is 0 Å². The van der Waals surface area contributed by atoms with Gasteiger partial charge in [0.1, 0.15) is 0 Å². The minimum absolute atomic E-state index is 0.543. The molecule has 0 aromatic heterocycles. The topological polar surface area (TPSA) is 41.3 Å². The maximum absolute atomic E-state index is 5.86. The lowest BCUT2D eigenvalue weighted by Crippen LogP contribution is -2.35. The van der Waals surface area contributed by atoms with Crippen molar-refractivity contribution >= 4 is 5.69 Å². The molecule has 1 fully saturated rings. The monoisotopic (exact) mass is 287 g/mol. The number of nitrogen functional groups attached to an aromatic ring is 1. The molecule has 0 radical (unpaired) electrons. The van der Waals surface area contributed by atoms with Crippen LogP contribution in [0.5, 0.6) is 0 Å². The zero-order valence-electron chi connectivity index (χ0n) is 13.3. The van der Waals surface area contributed by atoms with E-state index in [-0.39, 0.29) is 0 Å². The molecular formula is C18H29N3. The van der Waals surface area contributed by atoms with Gasteiger partial charge in [-0.2, -0.15) is 0 Å². The van der Waals surface area contributed by atoms with Crippen LogP contribution in [0.4, 0.5) is 5.69 Å². The predicted molar refractivity (Wildman–Crippen MR) is 89.4 cm³/mol. The number of anilines is 1. The summed E-state index contributed by atoms with van der Waals surface area (Å²) >= 11 is 0. The quantitative estimate of drug-likeness (QED) is 0.646. The van der Waals surface area contributed by atoms with Gasteiger partial charge in [-0.3, -0.25) is 0 Å². The second-order valence-electron chi connectivity index (χ2n) is 6.88. The Balaban J connectivity index is 1.39. The summed E-state index contributed by atoms with van der Waals surface area (Å²) in [5.41, 5.74) is 9.67. The molecule has 1 heterocycles. The number of fused-ring (bicyclic) bond motifs is 1. The number of piperidine rings is 1. The molecule has 116 valence electrons. The van der Waals surface area contributed by atoms with Crippen molar-refractivity contribution in [2.24, 2.45) is 5.92 Å². The van der Waals surface area contributed by atoms with Gasteiger partial charge in [-0.05, 0) is 87.5 Å². The fraction of sp³-hybridized carbons (Fsp3) is 0.667. The van der Waals surface area contributed by atoms with Crippen molar-refractivity contribution in [1.29, 1.82) is 0 Å². The van der Waals surface area contributed by atoms with Crippen molar-refractivity contribution in [1.82, 2.24) is 10.2 Å². The number of hydrogen-bond acceptors (Lipinski definition) is 3. The summed E-state index contributed by atoms with van der Waals surface area (Å²) in [6.45, 7) is 7.35. The maximum Gasteiger partial charge on any atom is 0.0326 e. The number of likely N-dealkylation sites (tertiary alicyclic amines) is 1. The van der Waals surface area contributed by atoms with Crippen molar-refractivity contribution in [3.8, 4) is 0 Å². The zero-order valence-corrected chi connectivity index (χ0v) is 13.3. The van der Waals surface area contributed by atoms with E-state index in [2.05, 4.69) is 29.3 Å². The van der Waals surface area contributed by atoms with E-state index in [1.54, 1.807) is 0 Å². The second-order valence-corrected chi connectivity index (χ2v) is 6.88. The average Bonchev–Trinajstić information content (AvgIpc) is 2.87. The number of aryl methyl sites for hydroxylation is 1. The Bertz CT molecular complexity index is 464. The summed E-state index contributed by atoms with van der Waals surface area (Å²) in [4.78, 5) is 2.63. The summed E-state index contributed by atoms with van der Waals surface area (Å²) in [6.07, 6.45) is 6.41.